The number of likely N-dealkylation sites (tertiary alicyclic amines) is 1. The van der Waals surface area contributed by atoms with Crippen molar-refractivity contribution in [2.45, 2.75) is 38.8 Å². The zero-order chi connectivity index (χ0) is 17.1. The second kappa shape index (κ2) is 7.18. The third-order valence-corrected chi connectivity index (χ3v) is 5.39. The Morgan fingerprint density at radius 1 is 1.32 bits per heavy atom. The Balaban J connectivity index is 1.46. The van der Waals surface area contributed by atoms with Crippen LogP contribution in [0.5, 0.6) is 5.88 Å². The van der Waals surface area contributed by atoms with Crippen LogP contribution in [0.3, 0.4) is 0 Å². The van der Waals surface area contributed by atoms with Crippen LogP contribution < -0.4 is 4.74 Å². The van der Waals surface area contributed by atoms with Gasteiger partial charge in [-0.1, -0.05) is 6.07 Å². The summed E-state index contributed by atoms with van der Waals surface area (Å²) in [5.41, 5.74) is 0.0374. The summed E-state index contributed by atoms with van der Waals surface area (Å²) in [5, 5.41) is 0. The van der Waals surface area contributed by atoms with Gasteiger partial charge in [0.1, 0.15) is 11.5 Å². The quantitative estimate of drug-likeness (QED) is 0.833. The van der Waals surface area contributed by atoms with Gasteiger partial charge in [-0.3, -0.25) is 4.90 Å². The van der Waals surface area contributed by atoms with Crippen molar-refractivity contribution in [2.75, 3.05) is 26.3 Å². The van der Waals surface area contributed by atoms with E-state index in [4.69, 9.17) is 13.9 Å². The summed E-state index contributed by atoms with van der Waals surface area (Å²) in [4.78, 5) is 6.77. The number of piperidine rings is 1. The molecule has 2 fully saturated rings. The number of fused-ring (bicyclic) bond motifs is 1. The Morgan fingerprint density at radius 3 is 3.08 bits per heavy atom. The summed E-state index contributed by atoms with van der Waals surface area (Å²) >= 11 is 0. The Kier molecular flexibility index (Phi) is 4.77. The maximum absolute atomic E-state index is 6.13. The molecule has 0 unspecified atom stereocenters. The van der Waals surface area contributed by atoms with Crippen LogP contribution in [0.15, 0.2) is 40.9 Å². The average molecular weight is 342 g/mol. The first-order valence-electron chi connectivity index (χ1n) is 9.17. The van der Waals surface area contributed by atoms with E-state index in [1.165, 1.54) is 0 Å². The third kappa shape index (κ3) is 3.72. The number of pyridine rings is 1. The first-order chi connectivity index (χ1) is 12.2. The van der Waals surface area contributed by atoms with Crippen molar-refractivity contribution in [1.29, 1.82) is 0 Å². The summed E-state index contributed by atoms with van der Waals surface area (Å²) in [5.74, 6) is 2.70. The molecule has 4 heterocycles. The van der Waals surface area contributed by atoms with Gasteiger partial charge < -0.3 is 13.9 Å². The number of aromatic nitrogens is 1. The Bertz CT molecular complexity index is 687. The van der Waals surface area contributed by atoms with Gasteiger partial charge in [0.15, 0.2) is 0 Å². The van der Waals surface area contributed by atoms with Crippen LogP contribution in [-0.4, -0.2) is 42.3 Å². The minimum Gasteiger partial charge on any atom is -0.477 e. The van der Waals surface area contributed by atoms with Gasteiger partial charge in [0.25, 0.3) is 0 Å². The lowest BCUT2D eigenvalue weighted by molar-refractivity contribution is -0.141. The smallest absolute Gasteiger partial charge is 0.213 e. The molecule has 0 bridgehead atoms. The first-order valence-corrected chi connectivity index (χ1v) is 9.17. The van der Waals surface area contributed by atoms with Crippen LogP contribution in [0.4, 0.5) is 0 Å². The maximum Gasteiger partial charge on any atom is 0.213 e. The zero-order valence-corrected chi connectivity index (χ0v) is 14.8. The fourth-order valence-electron chi connectivity index (χ4n) is 4.17. The number of hydrogen-bond donors (Lipinski definition) is 0. The van der Waals surface area contributed by atoms with E-state index in [1.807, 2.05) is 31.2 Å². The van der Waals surface area contributed by atoms with Crippen LogP contribution in [0.25, 0.3) is 0 Å². The molecule has 2 aromatic rings. The summed E-state index contributed by atoms with van der Waals surface area (Å²) in [6.45, 7) is 6.38. The van der Waals surface area contributed by atoms with Crippen molar-refractivity contribution in [3.63, 3.8) is 0 Å². The monoisotopic (exact) mass is 342 g/mol. The minimum atomic E-state index is 0.0374. The average Bonchev–Trinajstić information content (AvgIpc) is 3.05. The van der Waals surface area contributed by atoms with Crippen LogP contribution in [-0.2, 0) is 11.3 Å². The van der Waals surface area contributed by atoms with Crippen LogP contribution in [0, 0.1) is 12.3 Å². The number of aryl methyl sites for hydroxylation is 1. The van der Waals surface area contributed by atoms with E-state index in [9.17, 15) is 0 Å². The zero-order valence-electron chi connectivity index (χ0n) is 14.8. The standard InChI is InChI=1S/C20H26N2O3/c1-16-6-7-17(25-16)13-22-11-8-18-20(14-22,9-4-12-23-18)15-24-19-5-2-3-10-21-19/h2-3,5-7,10,18H,4,8-9,11-15H2,1H3/t18-,20+/m0/s1. The molecule has 2 aromatic heterocycles. The van der Waals surface area contributed by atoms with Crippen molar-refractivity contribution >= 4 is 0 Å². The van der Waals surface area contributed by atoms with Gasteiger partial charge in [-0.15, -0.1) is 0 Å². The highest BCUT2D eigenvalue weighted by atomic mass is 16.5. The lowest BCUT2D eigenvalue weighted by atomic mass is 9.73. The van der Waals surface area contributed by atoms with Gasteiger partial charge in [-0.25, -0.2) is 4.98 Å². The van der Waals surface area contributed by atoms with E-state index in [-0.39, 0.29) is 11.5 Å². The van der Waals surface area contributed by atoms with Gasteiger partial charge in [0.2, 0.25) is 5.88 Å². The number of ether oxygens (including phenoxy) is 2. The Labute approximate surface area is 148 Å². The van der Waals surface area contributed by atoms with Crippen LogP contribution >= 0.6 is 0 Å². The highest BCUT2D eigenvalue weighted by molar-refractivity contribution is 5.10. The molecule has 5 heteroatoms. The molecule has 2 aliphatic heterocycles. The lowest BCUT2D eigenvalue weighted by Crippen LogP contribution is -2.57. The molecule has 25 heavy (non-hydrogen) atoms. The van der Waals surface area contributed by atoms with E-state index in [2.05, 4.69) is 16.0 Å². The fourth-order valence-corrected chi connectivity index (χ4v) is 4.17. The normalized spacial score (nSPS) is 27.0. The van der Waals surface area contributed by atoms with Gasteiger partial charge >= 0.3 is 0 Å². The molecule has 0 spiro atoms. The summed E-state index contributed by atoms with van der Waals surface area (Å²) in [7, 11) is 0. The topological polar surface area (TPSA) is 47.7 Å². The molecule has 0 radical (unpaired) electrons. The van der Waals surface area contributed by atoms with E-state index >= 15 is 0 Å². The van der Waals surface area contributed by atoms with Crippen LogP contribution in [0.2, 0.25) is 0 Å². The molecule has 2 aliphatic rings. The molecule has 5 nitrogen and oxygen atoms in total. The second-order valence-electron chi connectivity index (χ2n) is 7.29. The predicted molar refractivity (Wildman–Crippen MR) is 94.5 cm³/mol. The summed E-state index contributed by atoms with van der Waals surface area (Å²) in [6, 6.07) is 9.90. The van der Waals surface area contributed by atoms with Crippen molar-refractivity contribution in [3.05, 3.63) is 48.0 Å². The molecule has 0 saturated carbocycles. The fraction of sp³-hybridized carbons (Fsp3) is 0.550. The minimum absolute atomic E-state index is 0.0374. The molecule has 0 amide bonds. The molecule has 0 aromatic carbocycles. The van der Waals surface area contributed by atoms with Gasteiger partial charge in [0.05, 0.1) is 19.3 Å². The highest BCUT2D eigenvalue weighted by Crippen LogP contribution is 2.41. The van der Waals surface area contributed by atoms with Gasteiger partial charge in [-0.2, -0.15) is 0 Å². The third-order valence-electron chi connectivity index (χ3n) is 5.39. The van der Waals surface area contributed by atoms with Crippen molar-refractivity contribution < 1.29 is 13.9 Å². The molecular weight excluding hydrogens is 316 g/mol. The SMILES string of the molecule is Cc1ccc(CN2CC[C@@H]3OCCC[C@]3(COc3ccccn3)C2)o1. The Morgan fingerprint density at radius 2 is 2.28 bits per heavy atom. The number of rotatable bonds is 5. The molecule has 4 rings (SSSR count). The Hall–Kier alpha value is -1.85. The molecule has 134 valence electrons. The van der Waals surface area contributed by atoms with E-state index in [0.29, 0.717) is 12.5 Å². The van der Waals surface area contributed by atoms with Crippen molar-refractivity contribution in [2.24, 2.45) is 5.41 Å². The van der Waals surface area contributed by atoms with Crippen molar-refractivity contribution in [3.8, 4) is 5.88 Å². The molecule has 0 aliphatic carbocycles. The second-order valence-corrected chi connectivity index (χ2v) is 7.29. The molecular formula is C20H26N2O3. The lowest BCUT2D eigenvalue weighted by Gasteiger charge is -2.50. The van der Waals surface area contributed by atoms with Gasteiger partial charge in [-0.05, 0) is 44.4 Å². The van der Waals surface area contributed by atoms with E-state index in [0.717, 1.165) is 57.0 Å². The molecule has 0 N–H and O–H groups in total. The summed E-state index contributed by atoms with van der Waals surface area (Å²) < 4.78 is 18.0. The van der Waals surface area contributed by atoms with E-state index in [1.54, 1.807) is 6.20 Å². The number of hydrogen-bond acceptors (Lipinski definition) is 5. The number of nitrogens with zero attached hydrogens (tertiary/aromatic N) is 2. The molecule has 2 saturated heterocycles. The van der Waals surface area contributed by atoms with Gasteiger partial charge in [0, 0.05) is 37.4 Å². The number of furan rings is 1. The predicted octanol–water partition coefficient (Wildman–Crippen LogP) is 3.43. The van der Waals surface area contributed by atoms with E-state index < -0.39 is 0 Å². The highest BCUT2D eigenvalue weighted by Gasteiger charge is 2.46. The van der Waals surface area contributed by atoms with Crippen LogP contribution in [0.1, 0.15) is 30.8 Å². The largest absolute Gasteiger partial charge is 0.477 e. The first kappa shape index (κ1) is 16.6. The summed E-state index contributed by atoms with van der Waals surface area (Å²) in [6.07, 6.45) is 5.33. The van der Waals surface area contributed by atoms with Crippen molar-refractivity contribution in [1.82, 2.24) is 9.88 Å². The molecule has 2 atom stereocenters. The maximum atomic E-state index is 6.13.